The van der Waals surface area contributed by atoms with E-state index in [1.807, 2.05) is 41.5 Å². The summed E-state index contributed by atoms with van der Waals surface area (Å²) in [6.07, 6.45) is 7.97. The Labute approximate surface area is 243 Å². The molecule has 2 N–H and O–H groups in total. The number of hydrogen-bond acceptors (Lipinski definition) is 8. The second-order valence-corrected chi connectivity index (χ2v) is 12.2. The smallest absolute Gasteiger partial charge is 0.407 e. The highest BCUT2D eigenvalue weighted by Crippen LogP contribution is 2.08. The highest BCUT2D eigenvalue weighted by molar-refractivity contribution is 5.67. The molecule has 0 fully saturated rings. The van der Waals surface area contributed by atoms with E-state index in [4.69, 9.17) is 20.0 Å². The zero-order chi connectivity index (χ0) is 30.3. The van der Waals surface area contributed by atoms with Crippen LogP contribution in [0.2, 0.25) is 0 Å². The molecule has 10 heteroatoms. The molecule has 0 unspecified atom stereocenters. The normalized spacial score (nSPS) is 11.7. The molecule has 10 nitrogen and oxygen atoms in total. The zero-order valence-electron chi connectivity index (χ0n) is 26.1. The number of unbranched alkanes of at least 4 members (excludes halogenated alkanes) is 5. The number of ether oxygens (including phenoxy) is 2. The van der Waals surface area contributed by atoms with Crippen LogP contribution < -0.4 is 10.6 Å². The van der Waals surface area contributed by atoms with Gasteiger partial charge in [0.25, 0.3) is 0 Å². The first-order valence-corrected chi connectivity index (χ1v) is 15.0. The molecule has 0 spiro atoms. The van der Waals surface area contributed by atoms with E-state index in [1.54, 1.807) is 0 Å². The average molecular weight is 565 g/mol. The standard InChI is InChI=1S/C30H56N6O4/c1-29(2,3)39-27(37)33-19-15-25-35(21-11-7-9-17-31)23-13-14-24-36(22-12-8-10-18-32)26-16-20-34-28(38)40-30(4,5)6/h7-16,19-26H2,1-6H3,(H,33,37)(H,34,38). The van der Waals surface area contributed by atoms with Crippen molar-refractivity contribution < 1.29 is 19.1 Å². The molecule has 0 saturated carbocycles. The third-order valence-corrected chi connectivity index (χ3v) is 5.86. The number of amides is 2. The second-order valence-electron chi connectivity index (χ2n) is 12.2. The number of nitriles is 2. The number of carbonyl (C=O) groups excluding carboxylic acids is 2. The summed E-state index contributed by atoms with van der Waals surface area (Å²) in [5, 5.41) is 23.3. The lowest BCUT2D eigenvalue weighted by atomic mass is 10.2. The quantitative estimate of drug-likeness (QED) is 0.173. The van der Waals surface area contributed by atoms with Gasteiger partial charge < -0.3 is 29.9 Å². The summed E-state index contributed by atoms with van der Waals surface area (Å²) < 4.78 is 10.6. The second kappa shape index (κ2) is 22.2. The van der Waals surface area contributed by atoms with Crippen molar-refractivity contribution in [2.45, 2.75) is 117 Å². The molecular weight excluding hydrogens is 508 g/mol. The van der Waals surface area contributed by atoms with Crippen molar-refractivity contribution in [3.05, 3.63) is 0 Å². The van der Waals surface area contributed by atoms with Crippen LogP contribution in [0.25, 0.3) is 0 Å². The molecule has 0 bridgehead atoms. The third-order valence-electron chi connectivity index (χ3n) is 5.86. The Morgan fingerprint density at radius 3 is 1.18 bits per heavy atom. The topological polar surface area (TPSA) is 131 Å². The van der Waals surface area contributed by atoms with Crippen LogP contribution >= 0.6 is 0 Å². The molecule has 40 heavy (non-hydrogen) atoms. The van der Waals surface area contributed by atoms with Crippen LogP contribution in [0.1, 0.15) is 106 Å². The van der Waals surface area contributed by atoms with Crippen LogP contribution in [0.3, 0.4) is 0 Å². The van der Waals surface area contributed by atoms with Gasteiger partial charge in [0, 0.05) is 25.9 Å². The molecule has 0 heterocycles. The van der Waals surface area contributed by atoms with Gasteiger partial charge in [0.1, 0.15) is 11.2 Å². The van der Waals surface area contributed by atoms with E-state index in [1.165, 1.54) is 0 Å². The molecule has 0 atom stereocenters. The maximum atomic E-state index is 11.9. The van der Waals surface area contributed by atoms with Crippen molar-refractivity contribution in [2.24, 2.45) is 0 Å². The Hall–Kier alpha value is -2.56. The Morgan fingerprint density at radius 1 is 0.575 bits per heavy atom. The van der Waals surface area contributed by atoms with E-state index < -0.39 is 11.2 Å². The van der Waals surface area contributed by atoms with Crippen molar-refractivity contribution in [3.8, 4) is 12.1 Å². The van der Waals surface area contributed by atoms with E-state index in [-0.39, 0.29) is 12.2 Å². The Morgan fingerprint density at radius 2 is 0.875 bits per heavy atom. The fraction of sp³-hybridized carbons (Fsp3) is 0.867. The van der Waals surface area contributed by atoms with E-state index in [9.17, 15) is 9.59 Å². The summed E-state index contributed by atoms with van der Waals surface area (Å²) in [5.74, 6) is 0. The summed E-state index contributed by atoms with van der Waals surface area (Å²) in [4.78, 5) is 28.6. The van der Waals surface area contributed by atoms with Gasteiger partial charge in [-0.2, -0.15) is 10.5 Å². The van der Waals surface area contributed by atoms with Gasteiger partial charge >= 0.3 is 12.2 Å². The van der Waals surface area contributed by atoms with Gasteiger partial charge in [0.05, 0.1) is 12.1 Å². The fourth-order valence-electron chi connectivity index (χ4n) is 4.04. The molecule has 0 radical (unpaired) electrons. The summed E-state index contributed by atoms with van der Waals surface area (Å²) in [6.45, 7) is 17.9. The monoisotopic (exact) mass is 564 g/mol. The minimum absolute atomic E-state index is 0.385. The fourth-order valence-corrected chi connectivity index (χ4v) is 4.04. The van der Waals surface area contributed by atoms with Crippen LogP contribution in [-0.4, -0.2) is 85.5 Å². The summed E-state index contributed by atoms with van der Waals surface area (Å²) >= 11 is 0. The van der Waals surface area contributed by atoms with Crippen molar-refractivity contribution in [2.75, 3.05) is 52.4 Å². The van der Waals surface area contributed by atoms with Gasteiger partial charge in [-0.15, -0.1) is 0 Å². The van der Waals surface area contributed by atoms with Gasteiger partial charge in [-0.25, -0.2) is 9.59 Å². The molecular formula is C30H56N6O4. The molecule has 2 amide bonds. The van der Waals surface area contributed by atoms with Gasteiger partial charge in [-0.1, -0.05) is 0 Å². The largest absolute Gasteiger partial charge is 0.444 e. The van der Waals surface area contributed by atoms with E-state index in [2.05, 4.69) is 32.6 Å². The summed E-state index contributed by atoms with van der Waals surface area (Å²) in [5.41, 5.74) is -1.01. The van der Waals surface area contributed by atoms with Crippen molar-refractivity contribution in [1.82, 2.24) is 20.4 Å². The lowest BCUT2D eigenvalue weighted by Gasteiger charge is -2.25. The minimum Gasteiger partial charge on any atom is -0.444 e. The Kier molecular flexibility index (Phi) is 20.7. The maximum Gasteiger partial charge on any atom is 0.407 e. The average Bonchev–Trinajstić information content (AvgIpc) is 2.84. The van der Waals surface area contributed by atoms with E-state index in [0.717, 1.165) is 90.6 Å². The number of nitrogens with one attached hydrogen (secondary N) is 2. The van der Waals surface area contributed by atoms with Crippen LogP contribution in [0.5, 0.6) is 0 Å². The molecule has 0 aromatic carbocycles. The van der Waals surface area contributed by atoms with Gasteiger partial charge in [-0.3, -0.25) is 0 Å². The van der Waals surface area contributed by atoms with E-state index in [0.29, 0.717) is 25.9 Å². The van der Waals surface area contributed by atoms with Gasteiger partial charge in [0.2, 0.25) is 0 Å². The number of hydrogen-bond donors (Lipinski definition) is 2. The molecule has 0 aliphatic rings. The van der Waals surface area contributed by atoms with Gasteiger partial charge in [-0.05, 0) is 132 Å². The van der Waals surface area contributed by atoms with Crippen LogP contribution in [-0.2, 0) is 9.47 Å². The number of alkyl carbamates (subject to hydrolysis) is 2. The predicted molar refractivity (Wildman–Crippen MR) is 159 cm³/mol. The molecule has 0 rings (SSSR count). The predicted octanol–water partition coefficient (Wildman–Crippen LogP) is 5.59. The molecule has 0 aromatic heterocycles. The molecule has 230 valence electrons. The lowest BCUT2D eigenvalue weighted by molar-refractivity contribution is 0.0513. The molecule has 0 saturated heterocycles. The van der Waals surface area contributed by atoms with Crippen LogP contribution in [0, 0.1) is 22.7 Å². The summed E-state index contributed by atoms with van der Waals surface area (Å²) in [6, 6.07) is 4.44. The molecule has 0 aliphatic carbocycles. The number of nitrogens with zero attached hydrogens (tertiary/aromatic N) is 4. The van der Waals surface area contributed by atoms with E-state index >= 15 is 0 Å². The number of rotatable bonds is 21. The van der Waals surface area contributed by atoms with Crippen LogP contribution in [0.4, 0.5) is 9.59 Å². The molecule has 0 aromatic rings. The first-order chi connectivity index (χ1) is 18.9. The highest BCUT2D eigenvalue weighted by Gasteiger charge is 2.17. The van der Waals surface area contributed by atoms with Crippen molar-refractivity contribution in [3.63, 3.8) is 0 Å². The third kappa shape index (κ3) is 25.7. The first kappa shape index (κ1) is 37.4. The summed E-state index contributed by atoms with van der Waals surface area (Å²) in [7, 11) is 0. The number of carbonyl (C=O) groups is 2. The Balaban J connectivity index is 4.57. The Bertz CT molecular complexity index is 700. The van der Waals surface area contributed by atoms with Gasteiger partial charge in [0.15, 0.2) is 0 Å². The zero-order valence-corrected chi connectivity index (χ0v) is 26.1. The minimum atomic E-state index is -0.505. The highest BCUT2D eigenvalue weighted by atomic mass is 16.6. The van der Waals surface area contributed by atoms with Crippen LogP contribution in [0.15, 0.2) is 0 Å². The molecule has 0 aliphatic heterocycles. The SMILES string of the molecule is CC(C)(C)OC(=O)NCCCN(CCCCC#N)CCCCN(CCCCC#N)CCCNC(=O)OC(C)(C)C. The maximum absolute atomic E-state index is 11.9. The first-order valence-electron chi connectivity index (χ1n) is 15.0. The van der Waals surface area contributed by atoms with Crippen molar-refractivity contribution >= 4 is 12.2 Å². The lowest BCUT2D eigenvalue weighted by Crippen LogP contribution is -2.35. The van der Waals surface area contributed by atoms with Crippen molar-refractivity contribution in [1.29, 1.82) is 10.5 Å².